The van der Waals surface area contributed by atoms with Gasteiger partial charge in [0.05, 0.1) is 0 Å². The normalized spacial score (nSPS) is 30.9. The molecule has 0 aliphatic carbocycles. The molecule has 1 N–H and O–H groups in total. The molecule has 0 spiro atoms. The number of likely N-dealkylation sites (tertiary alicyclic amines) is 1. The van der Waals surface area contributed by atoms with Crippen molar-refractivity contribution in [3.8, 4) is 0 Å². The second-order valence-electron chi connectivity index (χ2n) is 7.08. The van der Waals surface area contributed by atoms with Crippen LogP contribution in [0.1, 0.15) is 39.0 Å². The number of hydrogen-bond donors (Lipinski definition) is 1. The number of nitrogens with zero attached hydrogens (tertiary/aromatic N) is 2. The Labute approximate surface area is 119 Å². The lowest BCUT2D eigenvalue weighted by Gasteiger charge is -2.41. The van der Waals surface area contributed by atoms with Crippen LogP contribution >= 0.6 is 0 Å². The summed E-state index contributed by atoms with van der Waals surface area (Å²) >= 11 is 0. The molecule has 2 aliphatic heterocycles. The summed E-state index contributed by atoms with van der Waals surface area (Å²) in [5.74, 6) is 0.923. The van der Waals surface area contributed by atoms with Gasteiger partial charge in [0.15, 0.2) is 0 Å². The highest BCUT2D eigenvalue weighted by Gasteiger charge is 2.32. The van der Waals surface area contributed by atoms with Gasteiger partial charge in [0.2, 0.25) is 0 Å². The fourth-order valence-electron chi connectivity index (χ4n) is 3.90. The molecule has 0 aromatic heterocycles. The summed E-state index contributed by atoms with van der Waals surface area (Å²) < 4.78 is 0. The SMILES string of the molecule is CCC1(CN(C)CC2CCN(C)CC2)CCCNC1. The maximum Gasteiger partial charge on any atom is 0.00471 e. The van der Waals surface area contributed by atoms with Gasteiger partial charge in [-0.05, 0) is 77.2 Å². The van der Waals surface area contributed by atoms with E-state index >= 15 is 0 Å². The van der Waals surface area contributed by atoms with Gasteiger partial charge < -0.3 is 15.1 Å². The van der Waals surface area contributed by atoms with Crippen molar-refractivity contribution in [2.24, 2.45) is 11.3 Å². The smallest absolute Gasteiger partial charge is 0.00471 e. The standard InChI is InChI=1S/C16H33N3/c1-4-16(8-5-9-17-13-16)14-19(3)12-15-6-10-18(2)11-7-15/h15,17H,4-14H2,1-3H3. The number of nitrogens with one attached hydrogen (secondary N) is 1. The lowest BCUT2D eigenvalue weighted by Crippen LogP contribution is -2.47. The zero-order chi connectivity index (χ0) is 13.7. The summed E-state index contributed by atoms with van der Waals surface area (Å²) in [6, 6.07) is 0. The fraction of sp³-hybridized carbons (Fsp3) is 1.00. The third-order valence-corrected chi connectivity index (χ3v) is 5.32. The molecule has 2 fully saturated rings. The minimum Gasteiger partial charge on any atom is -0.316 e. The highest BCUT2D eigenvalue weighted by atomic mass is 15.1. The zero-order valence-corrected chi connectivity index (χ0v) is 13.2. The molecule has 0 amide bonds. The predicted molar refractivity (Wildman–Crippen MR) is 82.5 cm³/mol. The Kier molecular flexibility index (Phi) is 5.67. The van der Waals surface area contributed by atoms with Crippen molar-refractivity contribution in [3.63, 3.8) is 0 Å². The van der Waals surface area contributed by atoms with Crippen molar-refractivity contribution in [1.29, 1.82) is 0 Å². The van der Waals surface area contributed by atoms with E-state index in [0.717, 1.165) is 5.92 Å². The molecule has 1 unspecified atom stereocenters. The molecule has 19 heavy (non-hydrogen) atoms. The molecular weight excluding hydrogens is 234 g/mol. The van der Waals surface area contributed by atoms with Crippen molar-refractivity contribution in [1.82, 2.24) is 15.1 Å². The van der Waals surface area contributed by atoms with Gasteiger partial charge in [0, 0.05) is 19.6 Å². The van der Waals surface area contributed by atoms with E-state index in [-0.39, 0.29) is 0 Å². The Hall–Kier alpha value is -0.120. The highest BCUT2D eigenvalue weighted by molar-refractivity contribution is 4.87. The van der Waals surface area contributed by atoms with E-state index in [1.165, 1.54) is 71.4 Å². The Morgan fingerprint density at radius 1 is 1.32 bits per heavy atom. The van der Waals surface area contributed by atoms with Crippen LogP contribution in [0.25, 0.3) is 0 Å². The molecule has 112 valence electrons. The van der Waals surface area contributed by atoms with Crippen molar-refractivity contribution < 1.29 is 0 Å². The van der Waals surface area contributed by atoms with Crippen LogP contribution in [0, 0.1) is 11.3 Å². The summed E-state index contributed by atoms with van der Waals surface area (Å²) in [6.07, 6.45) is 6.86. The first-order valence-corrected chi connectivity index (χ1v) is 8.21. The fourth-order valence-corrected chi connectivity index (χ4v) is 3.90. The first-order chi connectivity index (χ1) is 9.13. The molecule has 0 saturated carbocycles. The van der Waals surface area contributed by atoms with Crippen LogP contribution in [0.4, 0.5) is 0 Å². The molecule has 0 bridgehead atoms. The van der Waals surface area contributed by atoms with E-state index in [1.807, 2.05) is 0 Å². The summed E-state index contributed by atoms with van der Waals surface area (Å²) in [5.41, 5.74) is 0.540. The molecule has 2 rings (SSSR count). The van der Waals surface area contributed by atoms with E-state index in [2.05, 4.69) is 36.1 Å². The monoisotopic (exact) mass is 267 g/mol. The number of piperidine rings is 2. The molecule has 0 aromatic rings. The van der Waals surface area contributed by atoms with Crippen LogP contribution < -0.4 is 5.32 Å². The summed E-state index contributed by atoms with van der Waals surface area (Å²) in [5, 5.41) is 3.61. The Morgan fingerprint density at radius 3 is 2.63 bits per heavy atom. The van der Waals surface area contributed by atoms with Crippen molar-refractivity contribution in [3.05, 3.63) is 0 Å². The molecule has 3 nitrogen and oxygen atoms in total. The van der Waals surface area contributed by atoms with Crippen LogP contribution in [-0.4, -0.2) is 63.2 Å². The van der Waals surface area contributed by atoms with Gasteiger partial charge in [0.1, 0.15) is 0 Å². The molecule has 0 aromatic carbocycles. The van der Waals surface area contributed by atoms with Crippen LogP contribution in [0.3, 0.4) is 0 Å². The summed E-state index contributed by atoms with van der Waals surface area (Å²) in [7, 11) is 4.59. The predicted octanol–water partition coefficient (Wildman–Crippen LogP) is 2.04. The zero-order valence-electron chi connectivity index (χ0n) is 13.2. The molecule has 2 heterocycles. The van der Waals surface area contributed by atoms with Gasteiger partial charge in [-0.2, -0.15) is 0 Å². The van der Waals surface area contributed by atoms with E-state index in [4.69, 9.17) is 0 Å². The Balaban J connectivity index is 1.77. The van der Waals surface area contributed by atoms with E-state index < -0.39 is 0 Å². The van der Waals surface area contributed by atoms with Gasteiger partial charge in [-0.1, -0.05) is 6.92 Å². The lowest BCUT2D eigenvalue weighted by atomic mass is 9.77. The summed E-state index contributed by atoms with van der Waals surface area (Å²) in [4.78, 5) is 5.08. The molecule has 0 radical (unpaired) electrons. The second kappa shape index (κ2) is 7.05. The van der Waals surface area contributed by atoms with Crippen LogP contribution in [-0.2, 0) is 0 Å². The summed E-state index contributed by atoms with van der Waals surface area (Å²) in [6.45, 7) is 9.98. The quantitative estimate of drug-likeness (QED) is 0.822. The van der Waals surface area contributed by atoms with Gasteiger partial charge in [-0.15, -0.1) is 0 Å². The van der Waals surface area contributed by atoms with Gasteiger partial charge in [-0.25, -0.2) is 0 Å². The average molecular weight is 267 g/mol. The molecule has 2 aliphatic rings. The van der Waals surface area contributed by atoms with Gasteiger partial charge >= 0.3 is 0 Å². The maximum atomic E-state index is 3.61. The van der Waals surface area contributed by atoms with Crippen LogP contribution in [0.5, 0.6) is 0 Å². The van der Waals surface area contributed by atoms with Crippen LogP contribution in [0.15, 0.2) is 0 Å². The van der Waals surface area contributed by atoms with E-state index in [1.54, 1.807) is 0 Å². The Bertz CT molecular complexity index is 253. The molecule has 1 atom stereocenters. The topological polar surface area (TPSA) is 18.5 Å². The molecular formula is C16H33N3. The maximum absolute atomic E-state index is 3.61. The number of rotatable bonds is 5. The first kappa shape index (κ1) is 15.3. The third kappa shape index (κ3) is 4.44. The van der Waals surface area contributed by atoms with Crippen LogP contribution in [0.2, 0.25) is 0 Å². The first-order valence-electron chi connectivity index (χ1n) is 8.21. The lowest BCUT2D eigenvalue weighted by molar-refractivity contribution is 0.104. The van der Waals surface area contributed by atoms with Crippen molar-refractivity contribution in [2.75, 3.05) is 53.4 Å². The minimum atomic E-state index is 0.540. The van der Waals surface area contributed by atoms with E-state index in [9.17, 15) is 0 Å². The van der Waals surface area contributed by atoms with E-state index in [0.29, 0.717) is 5.41 Å². The minimum absolute atomic E-state index is 0.540. The van der Waals surface area contributed by atoms with Gasteiger partial charge in [-0.3, -0.25) is 0 Å². The van der Waals surface area contributed by atoms with Crippen molar-refractivity contribution >= 4 is 0 Å². The molecule has 3 heteroatoms. The second-order valence-corrected chi connectivity index (χ2v) is 7.08. The average Bonchev–Trinajstić information content (AvgIpc) is 2.42. The largest absolute Gasteiger partial charge is 0.316 e. The third-order valence-electron chi connectivity index (χ3n) is 5.32. The number of hydrogen-bond acceptors (Lipinski definition) is 3. The Morgan fingerprint density at radius 2 is 2.05 bits per heavy atom. The van der Waals surface area contributed by atoms with Gasteiger partial charge in [0.25, 0.3) is 0 Å². The highest BCUT2D eigenvalue weighted by Crippen LogP contribution is 2.31. The van der Waals surface area contributed by atoms with Crippen molar-refractivity contribution in [2.45, 2.75) is 39.0 Å². The molecule has 2 saturated heterocycles.